The number of benzene rings is 1. The summed E-state index contributed by atoms with van der Waals surface area (Å²) in [5.41, 5.74) is 1.14. The predicted octanol–water partition coefficient (Wildman–Crippen LogP) is 3.52. The number of rotatable bonds is 4. The zero-order valence-corrected chi connectivity index (χ0v) is 14.1. The Morgan fingerprint density at radius 1 is 1.32 bits per heavy atom. The molecule has 0 amide bonds. The molecule has 0 spiro atoms. The Bertz CT molecular complexity index is 508. The normalized spacial score (nSPS) is 29.7. The van der Waals surface area contributed by atoms with E-state index in [4.69, 9.17) is 16.3 Å². The Kier molecular flexibility index (Phi) is 5.27. The second-order valence-electron chi connectivity index (χ2n) is 6.75. The van der Waals surface area contributed by atoms with Gasteiger partial charge in [-0.2, -0.15) is 0 Å². The molecule has 3 atom stereocenters. The molecule has 1 heterocycles. The van der Waals surface area contributed by atoms with Gasteiger partial charge in [-0.3, -0.25) is 4.90 Å². The van der Waals surface area contributed by atoms with Crippen molar-refractivity contribution in [3.8, 4) is 5.75 Å². The number of likely N-dealkylation sites (tertiary alicyclic amines) is 1. The summed E-state index contributed by atoms with van der Waals surface area (Å²) in [6.07, 6.45) is 6.41. The lowest BCUT2D eigenvalue weighted by molar-refractivity contribution is 0.0706. The highest BCUT2D eigenvalue weighted by atomic mass is 35.5. The van der Waals surface area contributed by atoms with Gasteiger partial charge in [0, 0.05) is 23.2 Å². The maximum Gasteiger partial charge on any atom is 0.123 e. The van der Waals surface area contributed by atoms with E-state index in [2.05, 4.69) is 4.90 Å². The average Bonchev–Trinajstić information content (AvgIpc) is 2.98. The van der Waals surface area contributed by atoms with E-state index in [0.29, 0.717) is 12.0 Å². The lowest BCUT2D eigenvalue weighted by Crippen LogP contribution is -2.38. The fraction of sp³-hybridized carbons (Fsp3) is 0.667. The van der Waals surface area contributed by atoms with Crippen LogP contribution >= 0.6 is 11.6 Å². The van der Waals surface area contributed by atoms with Crippen LogP contribution in [0, 0.1) is 5.92 Å². The molecule has 1 aromatic carbocycles. The molecular formula is C18H26ClNO2. The van der Waals surface area contributed by atoms with Crippen molar-refractivity contribution in [2.75, 3.05) is 20.2 Å². The molecule has 1 aliphatic carbocycles. The van der Waals surface area contributed by atoms with Gasteiger partial charge in [0.25, 0.3) is 0 Å². The number of nitrogens with zero attached hydrogens (tertiary/aromatic N) is 1. The third kappa shape index (κ3) is 3.58. The maximum absolute atomic E-state index is 9.89. The Hall–Kier alpha value is -0.770. The van der Waals surface area contributed by atoms with Crippen molar-refractivity contribution in [3.05, 3.63) is 28.8 Å². The fourth-order valence-corrected chi connectivity index (χ4v) is 4.29. The molecular weight excluding hydrogens is 298 g/mol. The van der Waals surface area contributed by atoms with Crippen LogP contribution in [0.1, 0.15) is 37.7 Å². The molecule has 3 nitrogen and oxygen atoms in total. The molecule has 1 aliphatic heterocycles. The zero-order valence-electron chi connectivity index (χ0n) is 13.3. The molecule has 22 heavy (non-hydrogen) atoms. The average molecular weight is 324 g/mol. The Morgan fingerprint density at radius 2 is 2.18 bits per heavy atom. The molecule has 122 valence electrons. The van der Waals surface area contributed by atoms with E-state index in [0.717, 1.165) is 55.1 Å². The monoisotopic (exact) mass is 323 g/mol. The summed E-state index contributed by atoms with van der Waals surface area (Å²) in [7, 11) is 1.71. The number of aliphatic hydroxyl groups is 1. The fourth-order valence-electron chi connectivity index (χ4n) is 4.05. The molecule has 2 aliphatic rings. The van der Waals surface area contributed by atoms with E-state index in [9.17, 15) is 5.11 Å². The van der Waals surface area contributed by atoms with Gasteiger partial charge in [-0.05, 0) is 63.1 Å². The molecule has 1 N–H and O–H groups in total. The van der Waals surface area contributed by atoms with E-state index in [1.807, 2.05) is 18.2 Å². The van der Waals surface area contributed by atoms with Crippen molar-refractivity contribution in [2.24, 2.45) is 5.92 Å². The van der Waals surface area contributed by atoms with Crippen LogP contribution in [0.25, 0.3) is 0 Å². The minimum absolute atomic E-state index is 0.0959. The first-order valence-corrected chi connectivity index (χ1v) is 8.78. The van der Waals surface area contributed by atoms with Crippen LogP contribution in [-0.4, -0.2) is 42.4 Å². The van der Waals surface area contributed by atoms with E-state index >= 15 is 0 Å². The van der Waals surface area contributed by atoms with E-state index in [-0.39, 0.29) is 6.10 Å². The highest BCUT2D eigenvalue weighted by Crippen LogP contribution is 2.33. The summed E-state index contributed by atoms with van der Waals surface area (Å²) in [6.45, 7) is 2.26. The SMILES string of the molecule is COc1cccc(Cl)c1CC1CCN(C2CCCC(O)C2)C1. The first kappa shape index (κ1) is 16.1. The number of hydrogen-bond acceptors (Lipinski definition) is 3. The molecule has 3 unspecified atom stereocenters. The van der Waals surface area contributed by atoms with Crippen LogP contribution in [0.4, 0.5) is 0 Å². The highest BCUT2D eigenvalue weighted by Gasteiger charge is 2.31. The Labute approximate surface area is 138 Å². The minimum Gasteiger partial charge on any atom is -0.496 e. The topological polar surface area (TPSA) is 32.7 Å². The van der Waals surface area contributed by atoms with Gasteiger partial charge < -0.3 is 9.84 Å². The smallest absolute Gasteiger partial charge is 0.123 e. The maximum atomic E-state index is 9.89. The van der Waals surface area contributed by atoms with Crippen LogP contribution < -0.4 is 4.74 Å². The molecule has 0 bridgehead atoms. The Morgan fingerprint density at radius 3 is 2.95 bits per heavy atom. The van der Waals surface area contributed by atoms with Gasteiger partial charge in [-0.1, -0.05) is 17.7 Å². The van der Waals surface area contributed by atoms with Gasteiger partial charge in [0.05, 0.1) is 13.2 Å². The summed E-state index contributed by atoms with van der Waals surface area (Å²) in [5.74, 6) is 1.53. The molecule has 1 saturated carbocycles. The van der Waals surface area contributed by atoms with Gasteiger partial charge >= 0.3 is 0 Å². The molecule has 0 aromatic heterocycles. The summed E-state index contributed by atoms with van der Waals surface area (Å²) >= 11 is 6.36. The van der Waals surface area contributed by atoms with E-state index in [1.165, 1.54) is 12.8 Å². The second kappa shape index (κ2) is 7.20. The number of ether oxygens (including phenoxy) is 1. The van der Waals surface area contributed by atoms with Gasteiger partial charge in [0.1, 0.15) is 5.75 Å². The van der Waals surface area contributed by atoms with Crippen molar-refractivity contribution in [2.45, 2.75) is 50.7 Å². The van der Waals surface area contributed by atoms with Gasteiger partial charge in [0.15, 0.2) is 0 Å². The van der Waals surface area contributed by atoms with Gasteiger partial charge in [0.2, 0.25) is 0 Å². The molecule has 0 radical (unpaired) electrons. The number of halogens is 1. The number of methoxy groups -OCH3 is 1. The molecule has 3 rings (SSSR count). The van der Waals surface area contributed by atoms with Crippen molar-refractivity contribution < 1.29 is 9.84 Å². The largest absolute Gasteiger partial charge is 0.496 e. The summed E-state index contributed by atoms with van der Waals surface area (Å²) in [4.78, 5) is 2.58. The van der Waals surface area contributed by atoms with E-state index < -0.39 is 0 Å². The number of aliphatic hydroxyl groups excluding tert-OH is 1. The van der Waals surface area contributed by atoms with Crippen molar-refractivity contribution in [1.29, 1.82) is 0 Å². The molecule has 1 aromatic rings. The van der Waals surface area contributed by atoms with E-state index in [1.54, 1.807) is 7.11 Å². The Balaban J connectivity index is 1.61. The van der Waals surface area contributed by atoms with Crippen molar-refractivity contribution in [3.63, 3.8) is 0 Å². The predicted molar refractivity (Wildman–Crippen MR) is 89.7 cm³/mol. The number of hydrogen-bond donors (Lipinski definition) is 1. The summed E-state index contributed by atoms with van der Waals surface area (Å²) in [5, 5.41) is 10.7. The highest BCUT2D eigenvalue weighted by molar-refractivity contribution is 6.31. The second-order valence-corrected chi connectivity index (χ2v) is 7.16. The van der Waals surface area contributed by atoms with Crippen LogP contribution in [0.2, 0.25) is 5.02 Å². The standard InChI is InChI=1S/C18H26ClNO2/c1-22-18-7-3-6-17(19)16(18)10-13-8-9-20(12-13)14-4-2-5-15(21)11-14/h3,6-7,13-15,21H,2,4-5,8-12H2,1H3. The van der Waals surface area contributed by atoms with Gasteiger partial charge in [-0.15, -0.1) is 0 Å². The first-order chi connectivity index (χ1) is 10.7. The minimum atomic E-state index is -0.0959. The molecule has 4 heteroatoms. The lowest BCUT2D eigenvalue weighted by atomic mass is 9.92. The summed E-state index contributed by atoms with van der Waals surface area (Å²) < 4.78 is 5.46. The van der Waals surface area contributed by atoms with Gasteiger partial charge in [-0.25, -0.2) is 0 Å². The van der Waals surface area contributed by atoms with Crippen LogP contribution in [0.5, 0.6) is 5.75 Å². The van der Waals surface area contributed by atoms with Crippen LogP contribution in [-0.2, 0) is 6.42 Å². The first-order valence-electron chi connectivity index (χ1n) is 8.41. The lowest BCUT2D eigenvalue weighted by Gasteiger charge is -2.33. The molecule has 1 saturated heterocycles. The third-order valence-corrected chi connectivity index (χ3v) is 5.60. The van der Waals surface area contributed by atoms with Crippen LogP contribution in [0.15, 0.2) is 18.2 Å². The zero-order chi connectivity index (χ0) is 15.5. The van der Waals surface area contributed by atoms with Crippen LogP contribution in [0.3, 0.4) is 0 Å². The van der Waals surface area contributed by atoms with Crippen molar-refractivity contribution in [1.82, 2.24) is 4.90 Å². The summed E-state index contributed by atoms with van der Waals surface area (Å²) in [6, 6.07) is 6.45. The quantitative estimate of drug-likeness (QED) is 0.920. The molecule has 2 fully saturated rings. The van der Waals surface area contributed by atoms with Crippen molar-refractivity contribution >= 4 is 11.6 Å². The third-order valence-electron chi connectivity index (χ3n) is 5.24.